The molecule has 3 aromatic carbocycles. The molecule has 1 aliphatic rings. The number of thioether (sulfide) groups is 1. The van der Waals surface area contributed by atoms with Crippen LogP contribution in [0.5, 0.6) is 5.75 Å². The van der Waals surface area contributed by atoms with Crippen LogP contribution in [0.4, 0.5) is 5.69 Å². The highest BCUT2D eigenvalue weighted by Gasteiger charge is 2.33. The van der Waals surface area contributed by atoms with Crippen molar-refractivity contribution in [1.82, 2.24) is 9.88 Å². The predicted molar refractivity (Wildman–Crippen MR) is 142 cm³/mol. The number of aliphatic carboxylic acids is 1. The Morgan fingerprint density at radius 1 is 1.03 bits per heavy atom. The van der Waals surface area contributed by atoms with Crippen LogP contribution >= 0.6 is 11.8 Å². The third kappa shape index (κ3) is 5.34. The van der Waals surface area contributed by atoms with E-state index in [1.165, 1.54) is 11.8 Å². The van der Waals surface area contributed by atoms with Gasteiger partial charge in [0.2, 0.25) is 0 Å². The lowest BCUT2D eigenvalue weighted by molar-refractivity contribution is -0.139. The van der Waals surface area contributed by atoms with E-state index in [2.05, 4.69) is 11.1 Å². The maximum absolute atomic E-state index is 13.4. The van der Waals surface area contributed by atoms with E-state index in [9.17, 15) is 9.59 Å². The summed E-state index contributed by atoms with van der Waals surface area (Å²) in [5, 5.41) is 10.6. The molecule has 0 spiro atoms. The zero-order chi connectivity index (χ0) is 24.9. The molecule has 1 saturated heterocycles. The second-order valence-corrected chi connectivity index (χ2v) is 9.17. The first-order chi connectivity index (χ1) is 17.6. The van der Waals surface area contributed by atoms with Crippen molar-refractivity contribution in [3.63, 3.8) is 0 Å². The molecule has 0 bridgehead atoms. The number of carbonyl (C=O) groups is 2. The number of carboxylic acid groups (broad SMARTS) is 1. The number of amides is 1. The molecule has 36 heavy (non-hydrogen) atoms. The van der Waals surface area contributed by atoms with Crippen molar-refractivity contribution in [2.45, 2.75) is 6.42 Å². The summed E-state index contributed by atoms with van der Waals surface area (Å²) in [5.74, 6) is -0.676. The Morgan fingerprint density at radius 2 is 1.78 bits per heavy atom. The second-order valence-electron chi connectivity index (χ2n) is 8.16. The van der Waals surface area contributed by atoms with Gasteiger partial charge in [0.25, 0.3) is 5.91 Å². The van der Waals surface area contributed by atoms with Gasteiger partial charge in [0.05, 0.1) is 10.6 Å². The van der Waals surface area contributed by atoms with E-state index in [-0.39, 0.29) is 5.91 Å². The third-order valence-corrected chi connectivity index (χ3v) is 6.70. The molecular weight excluding hydrogens is 474 g/mol. The number of carbonyl (C=O) groups excluding carboxylic acids is 1. The molecule has 8 heteroatoms. The van der Waals surface area contributed by atoms with Crippen LogP contribution in [-0.2, 0) is 16.0 Å². The first-order valence-corrected chi connectivity index (χ1v) is 12.2. The van der Waals surface area contributed by atoms with Crippen molar-refractivity contribution in [3.05, 3.63) is 101 Å². The molecule has 0 saturated carbocycles. The van der Waals surface area contributed by atoms with Crippen LogP contribution in [0.15, 0.2) is 95.0 Å². The summed E-state index contributed by atoms with van der Waals surface area (Å²) in [7, 11) is 0. The number of benzene rings is 3. The van der Waals surface area contributed by atoms with Gasteiger partial charge in [0, 0.05) is 23.6 Å². The maximum Gasteiger partial charge on any atom is 0.341 e. The number of rotatable bonds is 8. The number of nitrogens with one attached hydrogen (secondary N) is 1. The van der Waals surface area contributed by atoms with Crippen molar-refractivity contribution >= 4 is 51.5 Å². The van der Waals surface area contributed by atoms with E-state index >= 15 is 0 Å². The molecule has 1 aromatic heterocycles. The predicted octanol–water partition coefficient (Wildman–Crippen LogP) is 5.48. The fourth-order valence-corrected chi connectivity index (χ4v) is 4.95. The summed E-state index contributed by atoms with van der Waals surface area (Å²) in [6.07, 6.45) is 4.50. The third-order valence-electron chi connectivity index (χ3n) is 5.69. The Labute approximate surface area is 212 Å². The van der Waals surface area contributed by atoms with Crippen molar-refractivity contribution in [2.24, 2.45) is 4.99 Å². The quantitative estimate of drug-likeness (QED) is 0.315. The number of carboxylic acids is 1. The Hall–Kier alpha value is -4.30. The van der Waals surface area contributed by atoms with Gasteiger partial charge >= 0.3 is 5.97 Å². The molecule has 2 N–H and O–H groups in total. The molecule has 5 rings (SSSR count). The normalized spacial score (nSPS) is 15.8. The van der Waals surface area contributed by atoms with Gasteiger partial charge in [-0.3, -0.25) is 9.69 Å². The number of fused-ring (bicyclic) bond motifs is 1. The lowest BCUT2D eigenvalue weighted by Gasteiger charge is -2.15. The average Bonchev–Trinajstić information content (AvgIpc) is 3.43. The highest BCUT2D eigenvalue weighted by atomic mass is 32.2. The highest BCUT2D eigenvalue weighted by Crippen LogP contribution is 2.34. The van der Waals surface area contributed by atoms with Gasteiger partial charge in [0.1, 0.15) is 5.75 Å². The van der Waals surface area contributed by atoms with Gasteiger partial charge < -0.3 is 14.8 Å². The van der Waals surface area contributed by atoms with E-state index in [1.54, 1.807) is 29.2 Å². The summed E-state index contributed by atoms with van der Waals surface area (Å²) in [6.45, 7) is 0.0954. The lowest BCUT2D eigenvalue weighted by Crippen LogP contribution is -2.31. The Balaban J connectivity index is 1.39. The number of aliphatic imine (C=N–C) groups is 1. The molecule has 0 atom stereocenters. The average molecular weight is 498 g/mol. The summed E-state index contributed by atoms with van der Waals surface area (Å²) in [6, 6.07) is 24.7. The van der Waals surface area contributed by atoms with Gasteiger partial charge in [-0.15, -0.1) is 0 Å². The minimum Gasteiger partial charge on any atom is -0.482 e. The monoisotopic (exact) mass is 497 g/mol. The van der Waals surface area contributed by atoms with Crippen molar-refractivity contribution < 1.29 is 19.4 Å². The number of aromatic nitrogens is 1. The topological polar surface area (TPSA) is 95.0 Å². The Kier molecular flexibility index (Phi) is 6.86. The van der Waals surface area contributed by atoms with Gasteiger partial charge in [-0.05, 0) is 65.7 Å². The van der Waals surface area contributed by atoms with E-state index in [1.807, 2.05) is 60.8 Å². The van der Waals surface area contributed by atoms with Crippen LogP contribution in [0.1, 0.15) is 11.1 Å². The molecule has 0 radical (unpaired) electrons. The molecule has 7 nitrogen and oxygen atoms in total. The molecule has 2 heterocycles. The smallest absolute Gasteiger partial charge is 0.341 e. The van der Waals surface area contributed by atoms with E-state index in [0.717, 1.165) is 27.7 Å². The molecule has 0 unspecified atom stereocenters. The first-order valence-electron chi connectivity index (χ1n) is 11.4. The molecule has 180 valence electrons. The van der Waals surface area contributed by atoms with Crippen LogP contribution < -0.4 is 4.74 Å². The van der Waals surface area contributed by atoms with Gasteiger partial charge in [0.15, 0.2) is 11.8 Å². The number of ether oxygens (including phenoxy) is 1. The van der Waals surface area contributed by atoms with Crippen LogP contribution in [0.25, 0.3) is 17.0 Å². The minimum absolute atomic E-state index is 0.0965. The molecule has 4 aromatic rings. The second kappa shape index (κ2) is 10.5. The van der Waals surface area contributed by atoms with Gasteiger partial charge in [-0.1, -0.05) is 48.5 Å². The summed E-state index contributed by atoms with van der Waals surface area (Å²) < 4.78 is 5.19. The summed E-state index contributed by atoms with van der Waals surface area (Å²) in [5.41, 5.74) is 3.82. The Morgan fingerprint density at radius 3 is 2.56 bits per heavy atom. The SMILES string of the molecule is O=C(O)COc1ccc(/C=C2/SC(=Nc3ccccc3)N(CCc3c[nH]c4ccccc34)C2=O)cc1. The molecule has 1 aliphatic heterocycles. The number of para-hydroxylation sites is 2. The molecule has 0 aliphatic carbocycles. The van der Waals surface area contributed by atoms with Crippen LogP contribution in [0.3, 0.4) is 0 Å². The van der Waals surface area contributed by atoms with E-state index in [0.29, 0.717) is 28.8 Å². The van der Waals surface area contributed by atoms with Crippen molar-refractivity contribution in [2.75, 3.05) is 13.2 Å². The first kappa shape index (κ1) is 23.4. The minimum atomic E-state index is -1.04. The number of hydrogen-bond donors (Lipinski definition) is 2. The van der Waals surface area contributed by atoms with Crippen molar-refractivity contribution in [1.29, 1.82) is 0 Å². The highest BCUT2D eigenvalue weighted by molar-refractivity contribution is 8.18. The van der Waals surface area contributed by atoms with Crippen LogP contribution in [0, 0.1) is 0 Å². The van der Waals surface area contributed by atoms with E-state index in [4.69, 9.17) is 14.8 Å². The number of aromatic amines is 1. The number of amidine groups is 1. The van der Waals surface area contributed by atoms with Crippen LogP contribution in [-0.4, -0.2) is 45.2 Å². The number of hydrogen-bond acceptors (Lipinski definition) is 5. The zero-order valence-corrected chi connectivity index (χ0v) is 20.1. The van der Waals surface area contributed by atoms with Gasteiger partial charge in [-0.2, -0.15) is 0 Å². The summed E-state index contributed by atoms with van der Waals surface area (Å²) >= 11 is 1.35. The molecular formula is C28H23N3O4S. The summed E-state index contributed by atoms with van der Waals surface area (Å²) in [4.78, 5) is 34.5. The lowest BCUT2D eigenvalue weighted by atomic mass is 10.1. The number of nitrogens with zero attached hydrogens (tertiary/aromatic N) is 2. The largest absolute Gasteiger partial charge is 0.482 e. The van der Waals surface area contributed by atoms with E-state index < -0.39 is 12.6 Å². The van der Waals surface area contributed by atoms with Crippen LogP contribution in [0.2, 0.25) is 0 Å². The zero-order valence-electron chi connectivity index (χ0n) is 19.3. The fraction of sp³-hybridized carbons (Fsp3) is 0.107. The molecule has 1 amide bonds. The Bertz CT molecular complexity index is 1460. The standard InChI is InChI=1S/C28H23N3O4S/c32-26(33)18-35-22-12-10-19(11-13-22)16-25-27(34)31(28(36-25)30-21-6-2-1-3-7-21)15-14-20-17-29-24-9-5-4-8-23(20)24/h1-13,16-17,29H,14-15,18H2,(H,32,33)/b25-16+,30-28?. The molecule has 1 fully saturated rings. The number of H-pyrrole nitrogens is 1. The fourth-order valence-electron chi connectivity index (χ4n) is 3.93. The van der Waals surface area contributed by atoms with Gasteiger partial charge in [-0.25, -0.2) is 9.79 Å². The van der Waals surface area contributed by atoms with Crippen molar-refractivity contribution in [3.8, 4) is 5.75 Å². The maximum atomic E-state index is 13.4.